The second-order valence-electron chi connectivity index (χ2n) is 4.50. The van der Waals surface area contributed by atoms with E-state index < -0.39 is 0 Å². The number of aryl methyl sites for hydroxylation is 1. The molecule has 0 radical (unpaired) electrons. The van der Waals surface area contributed by atoms with Crippen molar-refractivity contribution in [3.8, 4) is 0 Å². The molecule has 0 amide bonds. The minimum atomic E-state index is 0.546. The second-order valence-corrected chi connectivity index (χ2v) is 5.68. The zero-order valence-electron chi connectivity index (χ0n) is 11.3. The van der Waals surface area contributed by atoms with Gasteiger partial charge in [0.25, 0.3) is 0 Å². The molecule has 1 heterocycles. The van der Waals surface area contributed by atoms with Gasteiger partial charge in [0.1, 0.15) is 0 Å². The summed E-state index contributed by atoms with van der Waals surface area (Å²) in [6, 6.07) is 8.34. The van der Waals surface area contributed by atoms with Gasteiger partial charge in [-0.15, -0.1) is 11.6 Å². The van der Waals surface area contributed by atoms with Crippen LogP contribution in [0.4, 0.5) is 0 Å². The molecule has 1 aromatic heterocycles. The molecule has 2 nitrogen and oxygen atoms in total. The first-order valence-electron chi connectivity index (χ1n) is 6.57. The van der Waals surface area contributed by atoms with Crippen molar-refractivity contribution < 1.29 is 0 Å². The molecule has 2 rings (SSSR count). The van der Waals surface area contributed by atoms with Crippen LogP contribution in [0.5, 0.6) is 0 Å². The summed E-state index contributed by atoms with van der Waals surface area (Å²) in [5, 5.41) is 4.71. The molecular formula is C15H18BrClN2. The van der Waals surface area contributed by atoms with Crippen LogP contribution in [0, 0.1) is 0 Å². The van der Waals surface area contributed by atoms with Gasteiger partial charge in [-0.05, 0) is 30.5 Å². The topological polar surface area (TPSA) is 17.8 Å². The Bertz CT molecular complexity index is 563. The first-order chi connectivity index (χ1) is 9.19. The van der Waals surface area contributed by atoms with Gasteiger partial charge in [0.05, 0.1) is 18.1 Å². The predicted molar refractivity (Wildman–Crippen MR) is 83.8 cm³/mol. The molecule has 4 heteroatoms. The highest BCUT2D eigenvalue weighted by atomic mass is 79.9. The number of rotatable bonds is 5. The normalized spacial score (nSPS) is 10.9. The van der Waals surface area contributed by atoms with Gasteiger partial charge in [-0.25, -0.2) is 0 Å². The average molecular weight is 342 g/mol. The summed E-state index contributed by atoms with van der Waals surface area (Å²) in [4.78, 5) is 0. The molecule has 0 saturated carbocycles. The van der Waals surface area contributed by atoms with E-state index in [0.29, 0.717) is 5.88 Å². The number of benzene rings is 1. The lowest BCUT2D eigenvalue weighted by atomic mass is 10.1. The van der Waals surface area contributed by atoms with Crippen LogP contribution in [0.25, 0.3) is 0 Å². The summed E-state index contributed by atoms with van der Waals surface area (Å²) in [7, 11) is 0. The maximum absolute atomic E-state index is 6.08. The fourth-order valence-corrected chi connectivity index (χ4v) is 3.12. The summed E-state index contributed by atoms with van der Waals surface area (Å²) >= 11 is 9.58. The highest BCUT2D eigenvalue weighted by Gasteiger charge is 2.14. The lowest BCUT2D eigenvalue weighted by Gasteiger charge is -2.07. The molecule has 1 aromatic carbocycles. The van der Waals surface area contributed by atoms with E-state index in [-0.39, 0.29) is 0 Å². The van der Waals surface area contributed by atoms with Crippen LogP contribution in [-0.2, 0) is 25.3 Å². The maximum Gasteiger partial charge on any atom is 0.0669 e. The molecule has 0 spiro atoms. The molecule has 0 aliphatic heterocycles. The molecule has 19 heavy (non-hydrogen) atoms. The summed E-state index contributed by atoms with van der Waals surface area (Å²) in [5.74, 6) is 0.546. The molecule has 0 atom stereocenters. The Hall–Kier alpha value is -0.800. The van der Waals surface area contributed by atoms with Crippen molar-refractivity contribution in [3.63, 3.8) is 0 Å². The van der Waals surface area contributed by atoms with E-state index in [9.17, 15) is 0 Å². The Kier molecular flexibility index (Phi) is 5.06. The standard InChI is InChI=1S/C15H18BrClN2/c1-3-14-13(9-17)15(4-2)19(18-14)10-11-6-5-7-12(16)8-11/h5-8H,3-4,9-10H2,1-2H3. The van der Waals surface area contributed by atoms with Crippen molar-refractivity contribution in [2.45, 2.75) is 39.1 Å². The quantitative estimate of drug-likeness (QED) is 0.729. The third-order valence-electron chi connectivity index (χ3n) is 3.27. The minimum Gasteiger partial charge on any atom is -0.265 e. The van der Waals surface area contributed by atoms with Crippen molar-refractivity contribution in [2.75, 3.05) is 0 Å². The van der Waals surface area contributed by atoms with Crippen LogP contribution >= 0.6 is 27.5 Å². The minimum absolute atomic E-state index is 0.546. The van der Waals surface area contributed by atoms with Gasteiger partial charge < -0.3 is 0 Å². The van der Waals surface area contributed by atoms with Crippen molar-refractivity contribution in [1.82, 2.24) is 9.78 Å². The van der Waals surface area contributed by atoms with Crippen LogP contribution in [-0.4, -0.2) is 9.78 Å². The molecule has 0 saturated heterocycles. The maximum atomic E-state index is 6.08. The van der Waals surface area contributed by atoms with E-state index in [1.54, 1.807) is 0 Å². The highest BCUT2D eigenvalue weighted by Crippen LogP contribution is 2.20. The molecule has 0 N–H and O–H groups in total. The van der Waals surface area contributed by atoms with Crippen LogP contribution in [0.1, 0.15) is 36.4 Å². The van der Waals surface area contributed by atoms with Gasteiger partial charge in [-0.3, -0.25) is 4.68 Å². The number of halogens is 2. The second kappa shape index (κ2) is 6.58. The van der Waals surface area contributed by atoms with E-state index in [1.807, 2.05) is 6.07 Å². The Morgan fingerprint density at radius 2 is 2.05 bits per heavy atom. The number of alkyl halides is 1. The Labute approximate surface area is 127 Å². The van der Waals surface area contributed by atoms with E-state index in [2.05, 4.69) is 52.7 Å². The summed E-state index contributed by atoms with van der Waals surface area (Å²) in [6.07, 6.45) is 1.89. The molecule has 0 bridgehead atoms. The van der Waals surface area contributed by atoms with Gasteiger partial charge in [0, 0.05) is 15.7 Å². The Morgan fingerprint density at radius 1 is 1.26 bits per heavy atom. The van der Waals surface area contributed by atoms with Gasteiger partial charge in [0.15, 0.2) is 0 Å². The first-order valence-corrected chi connectivity index (χ1v) is 7.90. The largest absolute Gasteiger partial charge is 0.265 e. The smallest absolute Gasteiger partial charge is 0.0669 e. The van der Waals surface area contributed by atoms with Gasteiger partial charge in [0.2, 0.25) is 0 Å². The fraction of sp³-hybridized carbons (Fsp3) is 0.400. The summed E-state index contributed by atoms with van der Waals surface area (Å²) in [5.41, 5.74) is 4.84. The van der Waals surface area contributed by atoms with Gasteiger partial charge in [-0.2, -0.15) is 5.10 Å². The van der Waals surface area contributed by atoms with E-state index in [1.165, 1.54) is 16.8 Å². The van der Waals surface area contributed by atoms with Crippen molar-refractivity contribution >= 4 is 27.5 Å². The predicted octanol–water partition coefficient (Wildman–Crippen LogP) is 4.56. The van der Waals surface area contributed by atoms with E-state index in [4.69, 9.17) is 16.7 Å². The fourth-order valence-electron chi connectivity index (χ4n) is 2.36. The lowest BCUT2D eigenvalue weighted by Crippen LogP contribution is -2.06. The zero-order valence-corrected chi connectivity index (χ0v) is 13.6. The number of aromatic nitrogens is 2. The van der Waals surface area contributed by atoms with Gasteiger partial charge in [-0.1, -0.05) is 41.9 Å². The first kappa shape index (κ1) is 14.6. The highest BCUT2D eigenvalue weighted by molar-refractivity contribution is 9.10. The molecule has 0 fully saturated rings. The SMILES string of the molecule is CCc1nn(Cc2cccc(Br)c2)c(CC)c1CCl. The zero-order chi connectivity index (χ0) is 13.8. The summed E-state index contributed by atoms with van der Waals surface area (Å²) in [6.45, 7) is 5.08. The molecule has 0 unspecified atom stereocenters. The Balaban J connectivity index is 2.37. The van der Waals surface area contributed by atoms with Crippen molar-refractivity contribution in [1.29, 1.82) is 0 Å². The number of hydrogen-bond donors (Lipinski definition) is 0. The molecule has 102 valence electrons. The third kappa shape index (κ3) is 3.21. The summed E-state index contributed by atoms with van der Waals surface area (Å²) < 4.78 is 3.20. The molecular weight excluding hydrogens is 324 g/mol. The van der Waals surface area contributed by atoms with Crippen LogP contribution in [0.2, 0.25) is 0 Å². The average Bonchev–Trinajstić information content (AvgIpc) is 2.75. The van der Waals surface area contributed by atoms with Crippen LogP contribution in [0.15, 0.2) is 28.7 Å². The molecule has 2 aromatic rings. The monoisotopic (exact) mass is 340 g/mol. The van der Waals surface area contributed by atoms with Crippen LogP contribution in [0.3, 0.4) is 0 Å². The van der Waals surface area contributed by atoms with Crippen LogP contribution < -0.4 is 0 Å². The number of nitrogens with zero attached hydrogens (tertiary/aromatic N) is 2. The molecule has 0 aliphatic carbocycles. The van der Waals surface area contributed by atoms with Crippen molar-refractivity contribution in [2.24, 2.45) is 0 Å². The van der Waals surface area contributed by atoms with E-state index in [0.717, 1.165) is 29.6 Å². The lowest BCUT2D eigenvalue weighted by molar-refractivity contribution is 0.639. The number of hydrogen-bond acceptors (Lipinski definition) is 1. The Morgan fingerprint density at radius 3 is 2.63 bits per heavy atom. The van der Waals surface area contributed by atoms with Crippen molar-refractivity contribution in [3.05, 3.63) is 51.3 Å². The third-order valence-corrected chi connectivity index (χ3v) is 4.03. The van der Waals surface area contributed by atoms with Gasteiger partial charge >= 0.3 is 0 Å². The molecule has 0 aliphatic rings. The van der Waals surface area contributed by atoms with E-state index >= 15 is 0 Å².